The van der Waals surface area contributed by atoms with Crippen LogP contribution in [0, 0.1) is 11.3 Å². The summed E-state index contributed by atoms with van der Waals surface area (Å²) in [5.41, 5.74) is -0.462. The molecule has 6 nitrogen and oxygen atoms in total. The largest absolute Gasteiger partial charge is 0.353 e. The number of nitrogens with zero attached hydrogens (tertiary/aromatic N) is 1. The molecule has 2 N–H and O–H groups in total. The molecule has 1 aliphatic heterocycles. The Morgan fingerprint density at radius 3 is 2.35 bits per heavy atom. The number of carbonyl (C=O) groups is 3. The van der Waals surface area contributed by atoms with Crippen LogP contribution < -0.4 is 10.6 Å². The first-order chi connectivity index (χ1) is 12.1. The summed E-state index contributed by atoms with van der Waals surface area (Å²) in [5, 5.41) is 5.78. The predicted molar refractivity (Wildman–Crippen MR) is 102 cm³/mol. The molecule has 0 unspecified atom stereocenters. The molecule has 1 aliphatic carbocycles. The molecule has 1 saturated carbocycles. The van der Waals surface area contributed by atoms with E-state index in [2.05, 4.69) is 31.4 Å². The first-order valence-corrected chi connectivity index (χ1v) is 10.0. The summed E-state index contributed by atoms with van der Waals surface area (Å²) in [5.74, 6) is 0.540. The van der Waals surface area contributed by atoms with Gasteiger partial charge in [0, 0.05) is 19.0 Å². The van der Waals surface area contributed by atoms with Gasteiger partial charge < -0.3 is 10.6 Å². The lowest BCUT2D eigenvalue weighted by atomic mass is 9.69. The molecular weight excluding hydrogens is 330 g/mol. The number of imide groups is 1. The van der Waals surface area contributed by atoms with Crippen LogP contribution >= 0.6 is 0 Å². The second-order valence-corrected chi connectivity index (χ2v) is 9.07. The second-order valence-electron chi connectivity index (χ2n) is 9.07. The number of hydrogen-bond donors (Lipinski definition) is 2. The summed E-state index contributed by atoms with van der Waals surface area (Å²) in [6.45, 7) is 10.6. The Kier molecular flexibility index (Phi) is 6.35. The highest BCUT2D eigenvalue weighted by atomic mass is 16.2. The van der Waals surface area contributed by atoms with Crippen LogP contribution in [0.2, 0.25) is 0 Å². The molecule has 1 heterocycles. The number of nitrogens with one attached hydrogen (secondary N) is 2. The monoisotopic (exact) mass is 365 g/mol. The molecule has 2 rings (SSSR count). The summed E-state index contributed by atoms with van der Waals surface area (Å²) in [6, 6.07) is -0.0978. The second kappa shape index (κ2) is 7.97. The molecule has 6 heteroatoms. The molecule has 26 heavy (non-hydrogen) atoms. The van der Waals surface area contributed by atoms with Crippen LogP contribution in [-0.4, -0.2) is 40.9 Å². The van der Waals surface area contributed by atoms with E-state index in [9.17, 15) is 14.4 Å². The van der Waals surface area contributed by atoms with Gasteiger partial charge in [-0.15, -0.1) is 0 Å². The Bertz CT molecular complexity index is 549. The standard InChI is InChI=1S/C20H35N3O3/c1-6-19(2,3)14-9-11-15(12-10-14)21-16(24)8-7-13-23-17(25)20(4,5)22-18(23)26/h14-15H,6-13H2,1-5H3,(H,21,24)(H,22,26). The van der Waals surface area contributed by atoms with Crippen LogP contribution in [-0.2, 0) is 9.59 Å². The first-order valence-electron chi connectivity index (χ1n) is 10.0. The molecule has 0 aromatic heterocycles. The van der Waals surface area contributed by atoms with Crippen LogP contribution in [0.3, 0.4) is 0 Å². The minimum atomic E-state index is -0.843. The van der Waals surface area contributed by atoms with Gasteiger partial charge in [0.1, 0.15) is 5.54 Å². The topological polar surface area (TPSA) is 78.5 Å². The maximum absolute atomic E-state index is 12.2. The van der Waals surface area contributed by atoms with Gasteiger partial charge in [-0.05, 0) is 57.3 Å². The van der Waals surface area contributed by atoms with Crippen LogP contribution in [0.1, 0.15) is 79.6 Å². The van der Waals surface area contributed by atoms with Gasteiger partial charge in [0.2, 0.25) is 5.91 Å². The Morgan fingerprint density at radius 2 is 1.85 bits per heavy atom. The van der Waals surface area contributed by atoms with E-state index < -0.39 is 5.54 Å². The number of rotatable bonds is 7. The van der Waals surface area contributed by atoms with Crippen LogP contribution in [0.25, 0.3) is 0 Å². The van der Waals surface area contributed by atoms with Crippen LogP contribution in [0.5, 0.6) is 0 Å². The van der Waals surface area contributed by atoms with Crippen molar-refractivity contribution in [1.82, 2.24) is 15.5 Å². The molecule has 0 spiro atoms. The van der Waals surface area contributed by atoms with Gasteiger partial charge in [-0.25, -0.2) is 4.79 Å². The maximum Gasteiger partial charge on any atom is 0.325 e. The number of amides is 4. The highest BCUT2D eigenvalue weighted by Crippen LogP contribution is 2.40. The maximum atomic E-state index is 12.2. The van der Waals surface area contributed by atoms with E-state index in [4.69, 9.17) is 0 Å². The van der Waals surface area contributed by atoms with E-state index >= 15 is 0 Å². The summed E-state index contributed by atoms with van der Waals surface area (Å²) in [4.78, 5) is 37.3. The molecule has 148 valence electrons. The third kappa shape index (κ3) is 4.77. The quantitative estimate of drug-likeness (QED) is 0.680. The summed E-state index contributed by atoms with van der Waals surface area (Å²) in [6.07, 6.45) is 6.46. The molecule has 1 saturated heterocycles. The highest BCUT2D eigenvalue weighted by Gasteiger charge is 2.43. The molecule has 0 aromatic rings. The molecule has 0 aromatic carbocycles. The zero-order chi connectivity index (χ0) is 19.5. The Hall–Kier alpha value is -1.59. The fourth-order valence-electron chi connectivity index (χ4n) is 4.03. The third-order valence-corrected chi connectivity index (χ3v) is 6.34. The summed E-state index contributed by atoms with van der Waals surface area (Å²) in [7, 11) is 0. The van der Waals surface area contributed by atoms with Gasteiger partial charge >= 0.3 is 6.03 Å². The summed E-state index contributed by atoms with van der Waals surface area (Å²) < 4.78 is 0. The fraction of sp³-hybridized carbons (Fsp3) is 0.850. The molecule has 0 atom stereocenters. The minimum Gasteiger partial charge on any atom is -0.353 e. The van der Waals surface area contributed by atoms with Gasteiger partial charge in [-0.2, -0.15) is 0 Å². The van der Waals surface area contributed by atoms with Gasteiger partial charge in [-0.1, -0.05) is 27.2 Å². The van der Waals surface area contributed by atoms with Gasteiger partial charge in [0.15, 0.2) is 0 Å². The Balaban J connectivity index is 1.69. The number of carbonyl (C=O) groups excluding carboxylic acids is 3. The molecule has 2 fully saturated rings. The highest BCUT2D eigenvalue weighted by molar-refractivity contribution is 6.06. The van der Waals surface area contributed by atoms with E-state index in [1.807, 2.05) is 0 Å². The Labute approximate surface area is 157 Å². The van der Waals surface area contributed by atoms with Crippen LogP contribution in [0.15, 0.2) is 0 Å². The van der Waals surface area contributed by atoms with E-state index in [0.29, 0.717) is 24.8 Å². The zero-order valence-electron chi connectivity index (χ0n) is 17.0. The fourth-order valence-corrected chi connectivity index (χ4v) is 4.03. The van der Waals surface area contributed by atoms with Crippen molar-refractivity contribution in [3.63, 3.8) is 0 Å². The lowest BCUT2D eigenvalue weighted by Gasteiger charge is -2.39. The minimum absolute atomic E-state index is 0.0227. The van der Waals surface area contributed by atoms with Gasteiger partial charge in [0.05, 0.1) is 0 Å². The van der Waals surface area contributed by atoms with Crippen molar-refractivity contribution in [2.75, 3.05) is 6.54 Å². The van der Waals surface area contributed by atoms with E-state index in [1.54, 1.807) is 13.8 Å². The van der Waals surface area contributed by atoms with E-state index in [0.717, 1.165) is 18.8 Å². The first kappa shape index (κ1) is 20.7. The average Bonchev–Trinajstić information content (AvgIpc) is 2.77. The zero-order valence-corrected chi connectivity index (χ0v) is 17.0. The van der Waals surface area contributed by atoms with Crippen molar-refractivity contribution in [2.24, 2.45) is 11.3 Å². The van der Waals surface area contributed by atoms with Crippen molar-refractivity contribution in [1.29, 1.82) is 0 Å². The number of hydrogen-bond acceptors (Lipinski definition) is 3. The third-order valence-electron chi connectivity index (χ3n) is 6.34. The van der Waals surface area contributed by atoms with Crippen molar-refractivity contribution in [2.45, 2.75) is 91.1 Å². The lowest BCUT2D eigenvalue weighted by molar-refractivity contribution is -0.130. The Morgan fingerprint density at radius 1 is 1.23 bits per heavy atom. The normalized spacial score (nSPS) is 26.0. The van der Waals surface area contributed by atoms with Crippen molar-refractivity contribution < 1.29 is 14.4 Å². The van der Waals surface area contributed by atoms with Gasteiger partial charge in [0.25, 0.3) is 5.91 Å². The number of urea groups is 1. The van der Waals surface area contributed by atoms with E-state index in [-0.39, 0.29) is 23.9 Å². The van der Waals surface area contributed by atoms with Gasteiger partial charge in [-0.3, -0.25) is 14.5 Å². The predicted octanol–water partition coefficient (Wildman–Crippen LogP) is 3.21. The molecule has 0 radical (unpaired) electrons. The molecule has 4 amide bonds. The van der Waals surface area contributed by atoms with Crippen LogP contribution in [0.4, 0.5) is 4.79 Å². The average molecular weight is 366 g/mol. The van der Waals surface area contributed by atoms with Crippen molar-refractivity contribution >= 4 is 17.8 Å². The molecular formula is C20H35N3O3. The smallest absolute Gasteiger partial charge is 0.325 e. The van der Waals surface area contributed by atoms with E-state index in [1.165, 1.54) is 24.2 Å². The van der Waals surface area contributed by atoms with Crippen molar-refractivity contribution in [3.8, 4) is 0 Å². The molecule has 0 bridgehead atoms. The SMILES string of the molecule is CCC(C)(C)C1CCC(NC(=O)CCCN2C(=O)NC(C)(C)C2=O)CC1. The molecule has 2 aliphatic rings. The lowest BCUT2D eigenvalue weighted by Crippen LogP contribution is -2.41. The van der Waals surface area contributed by atoms with Crippen molar-refractivity contribution in [3.05, 3.63) is 0 Å². The summed E-state index contributed by atoms with van der Waals surface area (Å²) >= 11 is 0.